The lowest BCUT2D eigenvalue weighted by molar-refractivity contribution is -0.135. The van der Waals surface area contributed by atoms with Gasteiger partial charge in [-0.1, -0.05) is 12.8 Å². The minimum atomic E-state index is -0.850. The number of nitrogens with zero attached hydrogens (tertiary/aromatic N) is 3. The van der Waals surface area contributed by atoms with Gasteiger partial charge in [-0.15, -0.1) is 11.3 Å². The van der Waals surface area contributed by atoms with E-state index >= 15 is 0 Å². The summed E-state index contributed by atoms with van der Waals surface area (Å²) in [6.07, 6.45) is 4.93. The molecule has 1 aromatic rings. The number of likely N-dealkylation sites (N-methyl/N-ethyl adjacent to an activating group) is 1. The van der Waals surface area contributed by atoms with E-state index in [1.807, 2.05) is 5.38 Å². The van der Waals surface area contributed by atoms with Crippen molar-refractivity contribution < 1.29 is 14.3 Å². The Labute approximate surface area is 146 Å². The highest BCUT2D eigenvalue weighted by Crippen LogP contribution is 2.33. The Morgan fingerprint density at radius 1 is 1.54 bits per heavy atom. The molecule has 2 fully saturated rings. The van der Waals surface area contributed by atoms with Crippen LogP contribution in [0.4, 0.5) is 4.39 Å². The van der Waals surface area contributed by atoms with Crippen LogP contribution >= 0.6 is 11.3 Å². The van der Waals surface area contributed by atoms with Crippen LogP contribution in [0.2, 0.25) is 0 Å². The maximum Gasteiger partial charge on any atom is 0.225 e. The van der Waals surface area contributed by atoms with Gasteiger partial charge < -0.3 is 10.0 Å². The molecule has 5 nitrogen and oxygen atoms in total. The summed E-state index contributed by atoms with van der Waals surface area (Å²) in [6.45, 7) is 1.53. The topological polar surface area (TPSA) is 56.7 Å². The summed E-state index contributed by atoms with van der Waals surface area (Å²) < 4.78 is 13.9. The maximum absolute atomic E-state index is 13.9. The van der Waals surface area contributed by atoms with E-state index < -0.39 is 11.8 Å². The Bertz CT molecular complexity index is 548. The second-order valence-corrected chi connectivity index (χ2v) is 8.20. The SMILES string of the molecule is CN(C[C@@H]1C[C@H](F)CN1Cc1nccs1)C(=O)CC1(O)CCCC1. The summed E-state index contributed by atoms with van der Waals surface area (Å²) in [5, 5.41) is 13.3. The van der Waals surface area contributed by atoms with Crippen molar-refractivity contribution in [2.45, 2.75) is 62.9 Å². The molecule has 0 spiro atoms. The van der Waals surface area contributed by atoms with Crippen LogP contribution in [0.15, 0.2) is 11.6 Å². The Balaban J connectivity index is 1.55. The molecule has 0 unspecified atom stereocenters. The molecule has 134 valence electrons. The van der Waals surface area contributed by atoms with Gasteiger partial charge in [-0.3, -0.25) is 9.69 Å². The van der Waals surface area contributed by atoms with Gasteiger partial charge >= 0.3 is 0 Å². The lowest BCUT2D eigenvalue weighted by Crippen LogP contribution is -2.43. The number of carbonyl (C=O) groups excluding carboxylic acids is 1. The van der Waals surface area contributed by atoms with Crippen LogP contribution in [-0.4, -0.2) is 63.7 Å². The molecule has 0 aromatic carbocycles. The van der Waals surface area contributed by atoms with Gasteiger partial charge in [0.15, 0.2) is 0 Å². The van der Waals surface area contributed by atoms with Crippen molar-refractivity contribution in [3.8, 4) is 0 Å². The molecule has 1 saturated heterocycles. The molecule has 24 heavy (non-hydrogen) atoms. The fraction of sp³-hybridized carbons (Fsp3) is 0.765. The van der Waals surface area contributed by atoms with E-state index in [9.17, 15) is 14.3 Å². The second-order valence-electron chi connectivity index (χ2n) is 7.22. The number of halogens is 1. The van der Waals surface area contributed by atoms with Gasteiger partial charge in [-0.05, 0) is 19.3 Å². The molecule has 2 heterocycles. The second kappa shape index (κ2) is 7.45. The third-order valence-electron chi connectivity index (χ3n) is 5.22. The number of likely N-dealkylation sites (tertiary alicyclic amines) is 1. The van der Waals surface area contributed by atoms with Gasteiger partial charge in [0, 0.05) is 37.8 Å². The lowest BCUT2D eigenvalue weighted by Gasteiger charge is -2.30. The number of alkyl halides is 1. The Hall–Kier alpha value is -1.05. The maximum atomic E-state index is 13.9. The van der Waals surface area contributed by atoms with Gasteiger partial charge in [0.1, 0.15) is 11.2 Å². The van der Waals surface area contributed by atoms with Crippen molar-refractivity contribution in [1.82, 2.24) is 14.8 Å². The molecule has 1 amide bonds. The van der Waals surface area contributed by atoms with Gasteiger partial charge in [0.05, 0.1) is 18.6 Å². The van der Waals surface area contributed by atoms with E-state index in [2.05, 4.69) is 9.88 Å². The zero-order valence-electron chi connectivity index (χ0n) is 14.2. The van der Waals surface area contributed by atoms with E-state index in [0.29, 0.717) is 38.9 Å². The van der Waals surface area contributed by atoms with E-state index in [1.165, 1.54) is 0 Å². The third kappa shape index (κ3) is 4.32. The molecule has 2 aliphatic rings. The Morgan fingerprint density at radius 3 is 2.96 bits per heavy atom. The molecule has 1 saturated carbocycles. The molecule has 1 aliphatic heterocycles. The number of hydrogen-bond acceptors (Lipinski definition) is 5. The van der Waals surface area contributed by atoms with Crippen molar-refractivity contribution in [2.75, 3.05) is 20.1 Å². The highest BCUT2D eigenvalue weighted by molar-refractivity contribution is 7.09. The quantitative estimate of drug-likeness (QED) is 0.850. The van der Waals surface area contributed by atoms with Crippen LogP contribution < -0.4 is 0 Å². The van der Waals surface area contributed by atoms with Crippen LogP contribution in [0.25, 0.3) is 0 Å². The van der Waals surface area contributed by atoms with Crippen LogP contribution in [0, 0.1) is 0 Å². The number of amides is 1. The number of carbonyl (C=O) groups is 1. The third-order valence-corrected chi connectivity index (χ3v) is 5.99. The van der Waals surface area contributed by atoms with E-state index in [-0.39, 0.29) is 18.4 Å². The highest BCUT2D eigenvalue weighted by atomic mass is 32.1. The summed E-state index contributed by atoms with van der Waals surface area (Å²) in [4.78, 5) is 20.5. The van der Waals surface area contributed by atoms with Crippen molar-refractivity contribution in [2.24, 2.45) is 0 Å². The zero-order valence-corrected chi connectivity index (χ0v) is 15.0. The molecular formula is C17H26FN3O2S. The zero-order chi connectivity index (χ0) is 17.2. The normalized spacial score (nSPS) is 26.8. The minimum absolute atomic E-state index is 0.0103. The standard InChI is InChI=1S/C17H26FN3O2S/c1-20(16(22)9-17(23)4-2-3-5-17)11-14-8-13(18)10-21(14)12-15-19-6-7-24-15/h6-7,13-14,23H,2-5,8-12H2,1H3/t13-,14-/m0/s1. The fourth-order valence-corrected chi connectivity index (χ4v) is 4.50. The lowest BCUT2D eigenvalue weighted by atomic mass is 9.97. The first-order chi connectivity index (χ1) is 11.5. The van der Waals surface area contributed by atoms with E-state index in [0.717, 1.165) is 17.8 Å². The smallest absolute Gasteiger partial charge is 0.225 e. The average molecular weight is 355 g/mol. The van der Waals surface area contributed by atoms with Crippen molar-refractivity contribution in [3.63, 3.8) is 0 Å². The molecule has 0 bridgehead atoms. The van der Waals surface area contributed by atoms with Crippen molar-refractivity contribution in [1.29, 1.82) is 0 Å². The van der Waals surface area contributed by atoms with Gasteiger partial charge in [0.2, 0.25) is 5.91 Å². The molecule has 1 aromatic heterocycles. The number of hydrogen-bond donors (Lipinski definition) is 1. The van der Waals surface area contributed by atoms with E-state index in [4.69, 9.17) is 0 Å². The summed E-state index contributed by atoms with van der Waals surface area (Å²) in [5.74, 6) is -0.0455. The van der Waals surface area contributed by atoms with E-state index in [1.54, 1.807) is 29.5 Å². The Morgan fingerprint density at radius 2 is 2.29 bits per heavy atom. The molecule has 3 rings (SSSR count). The van der Waals surface area contributed by atoms with Crippen LogP contribution in [0.1, 0.15) is 43.5 Å². The fourth-order valence-electron chi connectivity index (χ4n) is 3.86. The largest absolute Gasteiger partial charge is 0.389 e. The number of thiazole rings is 1. The summed E-state index contributed by atoms with van der Waals surface area (Å²) in [7, 11) is 1.76. The minimum Gasteiger partial charge on any atom is -0.389 e. The van der Waals surface area contributed by atoms with Crippen LogP contribution in [-0.2, 0) is 11.3 Å². The first-order valence-electron chi connectivity index (χ1n) is 8.68. The molecular weight excluding hydrogens is 329 g/mol. The first-order valence-corrected chi connectivity index (χ1v) is 9.56. The molecule has 1 N–H and O–H groups in total. The number of aliphatic hydroxyl groups is 1. The van der Waals surface area contributed by atoms with Crippen molar-refractivity contribution >= 4 is 17.2 Å². The van der Waals surface area contributed by atoms with Gasteiger partial charge in [-0.25, -0.2) is 9.37 Å². The number of rotatable bonds is 6. The summed E-state index contributed by atoms with van der Waals surface area (Å²) in [5.41, 5.74) is -0.829. The monoisotopic (exact) mass is 355 g/mol. The molecule has 7 heteroatoms. The van der Waals surface area contributed by atoms with Crippen LogP contribution in [0.5, 0.6) is 0 Å². The molecule has 0 radical (unpaired) electrons. The highest BCUT2D eigenvalue weighted by Gasteiger charge is 2.37. The predicted molar refractivity (Wildman–Crippen MR) is 91.5 cm³/mol. The van der Waals surface area contributed by atoms with Crippen LogP contribution in [0.3, 0.4) is 0 Å². The number of aromatic nitrogens is 1. The average Bonchev–Trinajstić information content (AvgIpc) is 3.23. The Kier molecular flexibility index (Phi) is 5.52. The summed E-state index contributed by atoms with van der Waals surface area (Å²) in [6, 6.07) is 0.0103. The van der Waals surface area contributed by atoms with Gasteiger partial charge in [-0.2, -0.15) is 0 Å². The predicted octanol–water partition coefficient (Wildman–Crippen LogP) is 2.21. The van der Waals surface area contributed by atoms with Crippen molar-refractivity contribution in [3.05, 3.63) is 16.6 Å². The summed E-state index contributed by atoms with van der Waals surface area (Å²) >= 11 is 1.57. The first kappa shape index (κ1) is 17.8. The molecule has 1 aliphatic carbocycles. The molecule has 2 atom stereocenters. The van der Waals surface area contributed by atoms with Gasteiger partial charge in [0.25, 0.3) is 0 Å².